The third-order valence-electron chi connectivity index (χ3n) is 6.06. The van der Waals surface area contributed by atoms with E-state index < -0.39 is 22.6 Å². The van der Waals surface area contributed by atoms with Gasteiger partial charge >= 0.3 is 6.61 Å². The average Bonchev–Trinajstić information content (AvgIpc) is 3.65. The van der Waals surface area contributed by atoms with Crippen molar-refractivity contribution in [3.8, 4) is 11.8 Å². The van der Waals surface area contributed by atoms with Crippen LogP contribution in [-0.4, -0.2) is 37.1 Å². The Hall–Kier alpha value is -2.99. The zero-order chi connectivity index (χ0) is 22.5. The van der Waals surface area contributed by atoms with Crippen molar-refractivity contribution in [1.82, 2.24) is 0 Å². The van der Waals surface area contributed by atoms with E-state index in [0.717, 1.165) is 29.7 Å². The molecule has 2 aromatic rings. The summed E-state index contributed by atoms with van der Waals surface area (Å²) < 4.78 is 59.1. The van der Waals surface area contributed by atoms with Crippen LogP contribution in [0.5, 0.6) is 5.75 Å². The average molecular weight is 459 g/mol. The first-order chi connectivity index (χ1) is 15.4. The Morgan fingerprint density at radius 3 is 2.44 bits per heavy atom. The van der Waals surface area contributed by atoms with E-state index in [4.69, 9.17) is 0 Å². The topological polar surface area (TPSA) is 82.2 Å². The fourth-order valence-corrected chi connectivity index (χ4v) is 5.54. The monoisotopic (exact) mass is 458 g/mol. The highest BCUT2D eigenvalue weighted by atomic mass is 32.2. The second-order valence-electron chi connectivity index (χ2n) is 8.52. The number of nitriles is 1. The molecule has 0 radical (unpaired) electrons. The molecule has 1 unspecified atom stereocenters. The molecule has 0 aromatic heterocycles. The van der Waals surface area contributed by atoms with Crippen LogP contribution in [0.3, 0.4) is 0 Å². The Morgan fingerprint density at radius 2 is 1.84 bits per heavy atom. The second kappa shape index (κ2) is 7.85. The fraction of sp³-hybridized carbons (Fsp3) is 0.391. The van der Waals surface area contributed by atoms with Crippen molar-refractivity contribution >= 4 is 27.1 Å². The first-order valence-corrected chi connectivity index (χ1v) is 12.1. The Morgan fingerprint density at radius 1 is 1.12 bits per heavy atom. The zero-order valence-electron chi connectivity index (χ0n) is 17.2. The summed E-state index contributed by atoms with van der Waals surface area (Å²) in [6.45, 7) is -2.23. The molecule has 1 atom stereocenters. The molecule has 1 heterocycles. The van der Waals surface area contributed by atoms with E-state index in [-0.39, 0.29) is 11.0 Å². The van der Waals surface area contributed by atoms with Crippen molar-refractivity contribution in [2.45, 2.75) is 43.5 Å². The van der Waals surface area contributed by atoms with E-state index in [1.807, 2.05) is 4.58 Å². The summed E-state index contributed by atoms with van der Waals surface area (Å²) in [5.74, 6) is -0.0136. The third-order valence-corrected chi connectivity index (χ3v) is 7.93. The van der Waals surface area contributed by atoms with Crippen LogP contribution >= 0.6 is 0 Å². The number of alkyl halides is 2. The van der Waals surface area contributed by atoms with Crippen molar-refractivity contribution in [3.63, 3.8) is 0 Å². The standard InChI is InChI=1S/C23H21F2N3O3S/c24-23(25)31-17-7-10-19-20(12-26)22(28(21(19)11-17)13-14-1-2-14)15-3-5-16(6-4-15)27-32(29,30)18-8-9-18/h3-7,10-11,14,18,20,23H,1-2,8-9,13H2/p+1. The molecule has 5 rings (SSSR count). The molecule has 3 aliphatic rings. The lowest BCUT2D eigenvalue weighted by atomic mass is 9.93. The number of benzene rings is 2. The van der Waals surface area contributed by atoms with Crippen LogP contribution in [0.25, 0.3) is 0 Å². The molecule has 1 N–H and O–H groups in total. The normalized spacial score (nSPS) is 20.2. The van der Waals surface area contributed by atoms with Gasteiger partial charge in [0.25, 0.3) is 0 Å². The van der Waals surface area contributed by atoms with Crippen molar-refractivity contribution in [3.05, 3.63) is 53.6 Å². The predicted molar refractivity (Wildman–Crippen MR) is 115 cm³/mol. The second-order valence-corrected chi connectivity index (χ2v) is 10.5. The number of nitrogens with zero attached hydrogens (tertiary/aromatic N) is 2. The molecule has 0 saturated heterocycles. The molecule has 166 valence electrons. The van der Waals surface area contributed by atoms with Crippen LogP contribution in [0, 0.1) is 17.2 Å². The number of sulfonamides is 1. The van der Waals surface area contributed by atoms with Gasteiger partial charge in [0.1, 0.15) is 5.75 Å². The SMILES string of the molecule is N#CC1C(c2ccc(NS(=O)(=O)C3CC3)cc2)=[N+](CC2CC2)c2cc(OC(F)F)ccc21. The van der Waals surface area contributed by atoms with Gasteiger partial charge in [0, 0.05) is 17.2 Å². The Bertz CT molecular complexity index is 1230. The maximum absolute atomic E-state index is 12.7. The van der Waals surface area contributed by atoms with Gasteiger partial charge in [-0.25, -0.2) is 8.42 Å². The molecule has 9 heteroatoms. The number of fused-ring (bicyclic) bond motifs is 1. The minimum atomic E-state index is -3.36. The lowest BCUT2D eigenvalue weighted by Gasteiger charge is -2.09. The van der Waals surface area contributed by atoms with Gasteiger partial charge in [0.15, 0.2) is 12.5 Å². The molecule has 2 fully saturated rings. The number of nitrogens with one attached hydrogen (secondary N) is 1. The van der Waals surface area contributed by atoms with Gasteiger partial charge in [0.2, 0.25) is 21.4 Å². The molecule has 0 amide bonds. The fourth-order valence-electron chi connectivity index (χ4n) is 4.15. The number of hydrogen-bond donors (Lipinski definition) is 1. The minimum Gasteiger partial charge on any atom is -0.435 e. The molecular weight excluding hydrogens is 436 g/mol. The summed E-state index contributed by atoms with van der Waals surface area (Å²) in [6.07, 6.45) is 3.54. The quantitative estimate of drug-likeness (QED) is 0.596. The molecule has 2 aliphatic carbocycles. The van der Waals surface area contributed by atoms with Crippen LogP contribution in [-0.2, 0) is 10.0 Å². The third kappa shape index (κ3) is 4.07. The van der Waals surface area contributed by atoms with E-state index in [9.17, 15) is 22.5 Å². The summed E-state index contributed by atoms with van der Waals surface area (Å²) >= 11 is 0. The van der Waals surface area contributed by atoms with Crippen molar-refractivity contribution in [1.29, 1.82) is 5.26 Å². The van der Waals surface area contributed by atoms with Gasteiger partial charge < -0.3 is 4.74 Å². The molecular formula is C23H22F2N3O3S+. The Labute approximate surface area is 185 Å². The molecule has 0 bridgehead atoms. The first-order valence-electron chi connectivity index (χ1n) is 10.6. The molecule has 1 aliphatic heterocycles. The zero-order valence-corrected chi connectivity index (χ0v) is 18.0. The van der Waals surface area contributed by atoms with Crippen molar-refractivity contribution in [2.24, 2.45) is 5.92 Å². The maximum atomic E-state index is 12.7. The molecule has 0 spiro atoms. The number of hydrogen-bond acceptors (Lipinski definition) is 4. The molecule has 2 saturated carbocycles. The van der Waals surface area contributed by atoms with Crippen LogP contribution in [0.15, 0.2) is 42.5 Å². The molecule has 6 nitrogen and oxygen atoms in total. The summed E-state index contributed by atoms with van der Waals surface area (Å²) in [4.78, 5) is 0. The summed E-state index contributed by atoms with van der Waals surface area (Å²) in [6, 6.07) is 14.0. The van der Waals surface area contributed by atoms with Gasteiger partial charge in [-0.3, -0.25) is 4.72 Å². The van der Waals surface area contributed by atoms with E-state index in [1.54, 1.807) is 36.4 Å². The van der Waals surface area contributed by atoms with Gasteiger partial charge in [0.05, 0.1) is 22.9 Å². The summed E-state index contributed by atoms with van der Waals surface area (Å²) in [5, 5.41) is 9.64. The number of anilines is 1. The van der Waals surface area contributed by atoms with Crippen LogP contribution in [0.2, 0.25) is 0 Å². The van der Waals surface area contributed by atoms with Gasteiger partial charge in [-0.15, -0.1) is 0 Å². The maximum Gasteiger partial charge on any atom is 0.387 e. The lowest BCUT2D eigenvalue weighted by Crippen LogP contribution is -2.20. The van der Waals surface area contributed by atoms with E-state index in [0.29, 0.717) is 36.7 Å². The number of halogens is 2. The van der Waals surface area contributed by atoms with Crippen LogP contribution < -0.4 is 9.46 Å². The van der Waals surface area contributed by atoms with E-state index in [1.165, 1.54) is 6.07 Å². The van der Waals surface area contributed by atoms with Crippen LogP contribution in [0.1, 0.15) is 42.7 Å². The van der Waals surface area contributed by atoms with Gasteiger partial charge in [-0.05, 0) is 62.1 Å². The van der Waals surface area contributed by atoms with Gasteiger partial charge in [-0.2, -0.15) is 18.6 Å². The van der Waals surface area contributed by atoms with Crippen molar-refractivity contribution in [2.75, 3.05) is 11.3 Å². The smallest absolute Gasteiger partial charge is 0.387 e. The van der Waals surface area contributed by atoms with Crippen LogP contribution in [0.4, 0.5) is 20.2 Å². The van der Waals surface area contributed by atoms with Crippen molar-refractivity contribution < 1.29 is 26.5 Å². The highest BCUT2D eigenvalue weighted by molar-refractivity contribution is 7.93. The Balaban J connectivity index is 1.52. The highest BCUT2D eigenvalue weighted by Gasteiger charge is 2.43. The minimum absolute atomic E-state index is 0.0577. The lowest BCUT2D eigenvalue weighted by molar-refractivity contribution is -0.441. The van der Waals surface area contributed by atoms with E-state index >= 15 is 0 Å². The largest absolute Gasteiger partial charge is 0.435 e. The predicted octanol–water partition coefficient (Wildman–Crippen LogP) is 4.36. The first kappa shape index (κ1) is 20.9. The summed E-state index contributed by atoms with van der Waals surface area (Å²) in [7, 11) is -3.36. The molecule has 32 heavy (non-hydrogen) atoms. The molecule has 2 aromatic carbocycles. The van der Waals surface area contributed by atoms with E-state index in [2.05, 4.69) is 15.5 Å². The summed E-state index contributed by atoms with van der Waals surface area (Å²) in [5.41, 5.74) is 3.50. The van der Waals surface area contributed by atoms with Gasteiger partial charge in [-0.1, -0.05) is 0 Å². The number of ether oxygens (including phenoxy) is 1. The number of rotatable bonds is 8. The highest BCUT2D eigenvalue weighted by Crippen LogP contribution is 2.42. The Kier molecular flexibility index (Phi) is 5.13.